The molecule has 3 rings (SSSR count). The third-order valence-electron chi connectivity index (χ3n) is 3.49. The second-order valence-corrected chi connectivity index (χ2v) is 7.89. The predicted molar refractivity (Wildman–Crippen MR) is 96.3 cm³/mol. The summed E-state index contributed by atoms with van der Waals surface area (Å²) < 4.78 is 39.2. The maximum absolute atomic E-state index is 13.1. The summed E-state index contributed by atoms with van der Waals surface area (Å²) >= 11 is 3.37. The van der Waals surface area contributed by atoms with Crippen molar-refractivity contribution in [1.82, 2.24) is 0 Å². The molecular weight excluding hydrogens is 394 g/mol. The molecule has 2 aromatic rings. The molecule has 7 heteroatoms. The smallest absolute Gasteiger partial charge is 0.264 e. The molecule has 0 radical (unpaired) electrons. The molecule has 0 unspecified atom stereocenters. The second kappa shape index (κ2) is 6.86. The summed E-state index contributed by atoms with van der Waals surface area (Å²) in [5.41, 5.74) is 0.555. The molecule has 0 aliphatic carbocycles. The maximum Gasteiger partial charge on any atom is 0.264 e. The Balaban J connectivity index is 2.04. The van der Waals surface area contributed by atoms with Crippen LogP contribution < -0.4 is 13.8 Å². The Labute approximate surface area is 149 Å². The minimum Gasteiger partial charge on any atom is -0.486 e. The Morgan fingerprint density at radius 1 is 1.12 bits per heavy atom. The summed E-state index contributed by atoms with van der Waals surface area (Å²) in [7, 11) is -3.76. The Bertz CT molecular complexity index is 867. The Kier molecular flexibility index (Phi) is 4.82. The molecule has 1 heterocycles. The van der Waals surface area contributed by atoms with Crippen molar-refractivity contribution in [2.24, 2.45) is 0 Å². The molecule has 1 aliphatic rings. The van der Waals surface area contributed by atoms with Gasteiger partial charge in [0.2, 0.25) is 0 Å². The van der Waals surface area contributed by atoms with Crippen molar-refractivity contribution in [2.75, 3.05) is 24.1 Å². The van der Waals surface area contributed by atoms with Crippen molar-refractivity contribution < 1.29 is 17.9 Å². The van der Waals surface area contributed by atoms with Crippen LogP contribution in [0.25, 0.3) is 0 Å². The van der Waals surface area contributed by atoms with Gasteiger partial charge in [0.25, 0.3) is 10.0 Å². The van der Waals surface area contributed by atoms with Gasteiger partial charge in [-0.15, -0.1) is 6.58 Å². The fourth-order valence-electron chi connectivity index (χ4n) is 2.40. The van der Waals surface area contributed by atoms with Gasteiger partial charge in [0.05, 0.1) is 17.1 Å². The number of hydrogen-bond acceptors (Lipinski definition) is 4. The number of hydrogen-bond donors (Lipinski definition) is 0. The molecule has 1 aliphatic heterocycles. The number of anilines is 1. The number of rotatable bonds is 5. The third-order valence-corrected chi connectivity index (χ3v) is 5.78. The van der Waals surface area contributed by atoms with Crippen LogP contribution in [0.1, 0.15) is 0 Å². The fraction of sp³-hybridized carbons (Fsp3) is 0.176. The molecule has 5 nitrogen and oxygen atoms in total. The molecule has 0 fully saturated rings. The Morgan fingerprint density at radius 2 is 1.88 bits per heavy atom. The zero-order valence-electron chi connectivity index (χ0n) is 12.8. The van der Waals surface area contributed by atoms with E-state index in [4.69, 9.17) is 9.47 Å². The number of sulfonamides is 1. The summed E-state index contributed by atoms with van der Waals surface area (Å²) in [6.07, 6.45) is 1.55. The highest BCUT2D eigenvalue weighted by Crippen LogP contribution is 2.34. The van der Waals surface area contributed by atoms with Crippen LogP contribution in [0.3, 0.4) is 0 Å². The minimum atomic E-state index is -3.76. The number of nitrogens with zero attached hydrogens (tertiary/aromatic N) is 1. The van der Waals surface area contributed by atoms with E-state index >= 15 is 0 Å². The van der Waals surface area contributed by atoms with Gasteiger partial charge >= 0.3 is 0 Å². The molecule has 0 atom stereocenters. The number of halogens is 1. The summed E-state index contributed by atoms with van der Waals surface area (Å²) in [5.74, 6) is 0.994. The predicted octanol–water partition coefficient (Wildman–Crippen LogP) is 3.60. The standard InChI is InChI=1S/C17H16BrNO4S/c1-2-8-19(14-5-3-4-13(18)11-14)24(20,21)15-6-7-16-17(12-15)23-10-9-22-16/h2-7,11-12H,1,8-10H2. The molecule has 126 valence electrons. The SMILES string of the molecule is C=CCN(c1cccc(Br)c1)S(=O)(=O)c1ccc2c(c1)OCCO2. The lowest BCUT2D eigenvalue weighted by Crippen LogP contribution is -2.31. The van der Waals surface area contributed by atoms with E-state index in [-0.39, 0.29) is 11.4 Å². The topological polar surface area (TPSA) is 55.8 Å². The van der Waals surface area contributed by atoms with Crippen molar-refractivity contribution in [3.8, 4) is 11.5 Å². The second-order valence-electron chi connectivity index (χ2n) is 5.11. The van der Waals surface area contributed by atoms with Gasteiger partial charge in [-0.1, -0.05) is 28.1 Å². The lowest BCUT2D eigenvalue weighted by Gasteiger charge is -2.24. The Hall–Kier alpha value is -1.99. The molecule has 0 saturated heterocycles. The lowest BCUT2D eigenvalue weighted by molar-refractivity contribution is 0.171. The van der Waals surface area contributed by atoms with E-state index in [0.717, 1.165) is 4.47 Å². The van der Waals surface area contributed by atoms with Gasteiger partial charge in [0.15, 0.2) is 11.5 Å². The highest BCUT2D eigenvalue weighted by atomic mass is 79.9. The van der Waals surface area contributed by atoms with Crippen LogP contribution in [-0.4, -0.2) is 28.2 Å². The first kappa shape index (κ1) is 16.9. The number of benzene rings is 2. The Morgan fingerprint density at radius 3 is 2.58 bits per heavy atom. The van der Waals surface area contributed by atoms with Gasteiger partial charge in [-0.3, -0.25) is 4.31 Å². The molecule has 2 aromatic carbocycles. The van der Waals surface area contributed by atoms with E-state index in [1.807, 2.05) is 6.07 Å². The quantitative estimate of drug-likeness (QED) is 0.707. The summed E-state index contributed by atoms with van der Waals surface area (Å²) in [4.78, 5) is 0.147. The van der Waals surface area contributed by atoms with Crippen LogP contribution in [0.2, 0.25) is 0 Å². The van der Waals surface area contributed by atoms with Crippen LogP contribution in [0.5, 0.6) is 11.5 Å². The normalized spacial score (nSPS) is 13.4. The highest BCUT2D eigenvalue weighted by molar-refractivity contribution is 9.10. The largest absolute Gasteiger partial charge is 0.486 e. The molecular formula is C17H16BrNO4S. The molecule has 0 N–H and O–H groups in total. The van der Waals surface area contributed by atoms with E-state index in [2.05, 4.69) is 22.5 Å². The van der Waals surface area contributed by atoms with Gasteiger partial charge < -0.3 is 9.47 Å². The van der Waals surface area contributed by atoms with Gasteiger partial charge in [-0.25, -0.2) is 8.42 Å². The van der Waals surface area contributed by atoms with Gasteiger partial charge in [-0.05, 0) is 30.3 Å². The van der Waals surface area contributed by atoms with E-state index in [1.165, 1.54) is 16.4 Å². The molecule has 0 aromatic heterocycles. The number of fused-ring (bicyclic) bond motifs is 1. The third kappa shape index (κ3) is 3.27. The maximum atomic E-state index is 13.1. The average Bonchev–Trinajstić information content (AvgIpc) is 2.59. The molecule has 0 spiro atoms. The first-order valence-corrected chi connectivity index (χ1v) is 9.54. The fourth-order valence-corrected chi connectivity index (χ4v) is 4.23. The van der Waals surface area contributed by atoms with Crippen molar-refractivity contribution in [1.29, 1.82) is 0 Å². The van der Waals surface area contributed by atoms with Gasteiger partial charge in [0.1, 0.15) is 13.2 Å². The van der Waals surface area contributed by atoms with Crippen LogP contribution in [0, 0.1) is 0 Å². The van der Waals surface area contributed by atoms with E-state index in [1.54, 1.807) is 30.3 Å². The minimum absolute atomic E-state index is 0.147. The van der Waals surface area contributed by atoms with Crippen LogP contribution in [-0.2, 0) is 10.0 Å². The van der Waals surface area contributed by atoms with Crippen molar-refractivity contribution in [3.05, 3.63) is 59.6 Å². The summed E-state index contributed by atoms with van der Waals surface area (Å²) in [6, 6.07) is 11.8. The average molecular weight is 410 g/mol. The van der Waals surface area contributed by atoms with Gasteiger partial charge in [-0.2, -0.15) is 0 Å². The molecule has 0 bridgehead atoms. The monoisotopic (exact) mass is 409 g/mol. The zero-order valence-corrected chi connectivity index (χ0v) is 15.2. The van der Waals surface area contributed by atoms with Crippen LogP contribution >= 0.6 is 15.9 Å². The molecule has 0 saturated carbocycles. The van der Waals surface area contributed by atoms with E-state index < -0.39 is 10.0 Å². The van der Waals surface area contributed by atoms with Crippen molar-refractivity contribution in [2.45, 2.75) is 4.90 Å². The van der Waals surface area contributed by atoms with Gasteiger partial charge in [0, 0.05) is 10.5 Å². The lowest BCUT2D eigenvalue weighted by atomic mass is 10.3. The van der Waals surface area contributed by atoms with Crippen LogP contribution in [0.4, 0.5) is 5.69 Å². The highest BCUT2D eigenvalue weighted by Gasteiger charge is 2.26. The molecule has 0 amide bonds. The molecule has 24 heavy (non-hydrogen) atoms. The van der Waals surface area contributed by atoms with Crippen molar-refractivity contribution in [3.63, 3.8) is 0 Å². The zero-order chi connectivity index (χ0) is 17.2. The van der Waals surface area contributed by atoms with Crippen LogP contribution in [0.15, 0.2) is 64.5 Å². The van der Waals surface area contributed by atoms with Crippen molar-refractivity contribution >= 4 is 31.6 Å². The first-order valence-electron chi connectivity index (χ1n) is 7.31. The van der Waals surface area contributed by atoms with E-state index in [9.17, 15) is 8.42 Å². The first-order chi connectivity index (χ1) is 11.5. The number of ether oxygens (including phenoxy) is 2. The summed E-state index contributed by atoms with van der Waals surface area (Å²) in [6.45, 7) is 4.68. The summed E-state index contributed by atoms with van der Waals surface area (Å²) in [5, 5.41) is 0. The van der Waals surface area contributed by atoms with E-state index in [0.29, 0.717) is 30.4 Å².